The number of carbonyl (C=O) groups excluding carboxylic acids is 1. The third-order valence-electron chi connectivity index (χ3n) is 6.92. The molecule has 10 heteroatoms. The van der Waals surface area contributed by atoms with Crippen molar-refractivity contribution in [2.75, 3.05) is 13.2 Å². The standard InChI is InChI=1S/C36H36N4O6/c1-5-17-44-38-21-27-18-32(45-39-27)33-34(36(41)37-6-2)40-46-35(33)29-19-28(24(3)4)30(42-22-25-13-9-7-10-14-25)20-31(29)43-23-26-15-11-8-12-16-26/h5,7-16,18-21,24H,1,6,17,22-23H2,2-4H3,(H,37,41)/b38-21+. The van der Waals surface area contributed by atoms with Crippen molar-refractivity contribution >= 4 is 12.1 Å². The molecule has 2 aromatic heterocycles. The topological polar surface area (TPSA) is 121 Å². The van der Waals surface area contributed by atoms with Gasteiger partial charge in [0.2, 0.25) is 0 Å². The van der Waals surface area contributed by atoms with E-state index in [0.717, 1.165) is 16.7 Å². The molecule has 0 bridgehead atoms. The van der Waals surface area contributed by atoms with Gasteiger partial charge in [0.1, 0.15) is 42.6 Å². The van der Waals surface area contributed by atoms with Crippen LogP contribution in [0.3, 0.4) is 0 Å². The minimum atomic E-state index is -0.424. The molecule has 0 aliphatic carbocycles. The van der Waals surface area contributed by atoms with E-state index < -0.39 is 5.91 Å². The Hall–Kier alpha value is -5.64. The molecule has 0 aliphatic heterocycles. The highest BCUT2D eigenvalue weighted by atomic mass is 16.6. The number of carbonyl (C=O) groups is 1. The molecule has 2 heterocycles. The number of hydrogen-bond acceptors (Lipinski definition) is 9. The Morgan fingerprint density at radius 2 is 1.61 bits per heavy atom. The Labute approximate surface area is 267 Å². The lowest BCUT2D eigenvalue weighted by Crippen LogP contribution is -2.23. The van der Waals surface area contributed by atoms with Crippen LogP contribution in [-0.4, -0.2) is 35.6 Å². The maximum Gasteiger partial charge on any atom is 0.274 e. The van der Waals surface area contributed by atoms with Gasteiger partial charge in [-0.1, -0.05) is 103 Å². The minimum absolute atomic E-state index is 0.0453. The highest BCUT2D eigenvalue weighted by molar-refractivity contribution is 6.02. The molecular formula is C36H36N4O6. The molecule has 236 valence electrons. The normalized spacial score (nSPS) is 11.1. The third-order valence-corrected chi connectivity index (χ3v) is 6.92. The number of nitrogens with one attached hydrogen (secondary N) is 1. The Morgan fingerprint density at radius 3 is 2.24 bits per heavy atom. The predicted molar refractivity (Wildman–Crippen MR) is 175 cm³/mol. The number of rotatable bonds is 15. The van der Waals surface area contributed by atoms with Crippen LogP contribution in [-0.2, 0) is 18.1 Å². The number of aromatic nitrogens is 2. The summed E-state index contributed by atoms with van der Waals surface area (Å²) in [4.78, 5) is 18.3. The van der Waals surface area contributed by atoms with E-state index in [0.29, 0.717) is 41.5 Å². The second kappa shape index (κ2) is 15.4. The largest absolute Gasteiger partial charge is 0.488 e. The van der Waals surface area contributed by atoms with E-state index in [2.05, 4.69) is 41.2 Å². The summed E-state index contributed by atoms with van der Waals surface area (Å²) in [6, 6.07) is 25.2. The van der Waals surface area contributed by atoms with E-state index in [1.807, 2.05) is 79.7 Å². The molecule has 0 saturated heterocycles. The first-order valence-corrected chi connectivity index (χ1v) is 15.0. The van der Waals surface area contributed by atoms with Crippen LogP contribution in [0.1, 0.15) is 59.6 Å². The summed E-state index contributed by atoms with van der Waals surface area (Å²) in [6.07, 6.45) is 2.98. The van der Waals surface area contributed by atoms with E-state index in [1.165, 1.54) is 6.21 Å². The van der Waals surface area contributed by atoms with Crippen molar-refractivity contribution in [2.45, 2.75) is 39.9 Å². The fourth-order valence-electron chi connectivity index (χ4n) is 4.68. The number of ether oxygens (including phenoxy) is 2. The zero-order valence-corrected chi connectivity index (χ0v) is 26.1. The number of oxime groups is 1. The average molecular weight is 621 g/mol. The molecule has 10 nitrogen and oxygen atoms in total. The van der Waals surface area contributed by atoms with E-state index in [-0.39, 0.29) is 36.3 Å². The second-order valence-electron chi connectivity index (χ2n) is 10.6. The van der Waals surface area contributed by atoms with Gasteiger partial charge >= 0.3 is 0 Å². The van der Waals surface area contributed by atoms with Crippen molar-refractivity contribution in [3.63, 3.8) is 0 Å². The van der Waals surface area contributed by atoms with E-state index in [4.69, 9.17) is 23.4 Å². The zero-order valence-electron chi connectivity index (χ0n) is 26.1. The van der Waals surface area contributed by atoms with Gasteiger partial charge in [0.05, 0.1) is 11.8 Å². The summed E-state index contributed by atoms with van der Waals surface area (Å²) in [5.74, 6) is 1.34. The van der Waals surface area contributed by atoms with Crippen molar-refractivity contribution in [2.24, 2.45) is 5.16 Å². The van der Waals surface area contributed by atoms with Crippen molar-refractivity contribution in [3.05, 3.63) is 120 Å². The third kappa shape index (κ3) is 7.71. The lowest BCUT2D eigenvalue weighted by atomic mass is 9.95. The number of amides is 1. The zero-order chi connectivity index (χ0) is 32.3. The lowest BCUT2D eigenvalue weighted by Gasteiger charge is -2.19. The van der Waals surface area contributed by atoms with Crippen LogP contribution in [0.4, 0.5) is 0 Å². The van der Waals surface area contributed by atoms with Crippen LogP contribution < -0.4 is 14.8 Å². The van der Waals surface area contributed by atoms with Crippen molar-refractivity contribution in [1.29, 1.82) is 0 Å². The molecule has 0 saturated carbocycles. The van der Waals surface area contributed by atoms with Crippen LogP contribution >= 0.6 is 0 Å². The van der Waals surface area contributed by atoms with Gasteiger partial charge in [-0.25, -0.2) is 0 Å². The molecule has 3 aromatic carbocycles. The summed E-state index contributed by atoms with van der Waals surface area (Å²) >= 11 is 0. The Morgan fingerprint density at radius 1 is 0.935 bits per heavy atom. The van der Waals surface area contributed by atoms with Gasteiger partial charge < -0.3 is 28.7 Å². The number of nitrogens with zero attached hydrogens (tertiary/aromatic N) is 3. The molecule has 5 rings (SSSR count). The second-order valence-corrected chi connectivity index (χ2v) is 10.6. The van der Waals surface area contributed by atoms with E-state index in [1.54, 1.807) is 12.1 Å². The van der Waals surface area contributed by atoms with Crippen LogP contribution in [0.25, 0.3) is 22.6 Å². The van der Waals surface area contributed by atoms with E-state index in [9.17, 15) is 4.79 Å². The molecule has 1 N–H and O–H groups in total. The SMILES string of the molecule is C=CCO/N=C/c1cc(-c2c(C(=O)NCC)noc2-c2cc(C(C)C)c(OCc3ccccc3)cc2OCc2ccccc2)on1. The van der Waals surface area contributed by atoms with Crippen molar-refractivity contribution in [3.8, 4) is 34.1 Å². The van der Waals surface area contributed by atoms with Gasteiger partial charge in [0, 0.05) is 18.7 Å². The van der Waals surface area contributed by atoms with Crippen LogP contribution in [0.15, 0.2) is 106 Å². The Balaban J connectivity index is 1.62. The van der Waals surface area contributed by atoms with Crippen LogP contribution in [0, 0.1) is 0 Å². The van der Waals surface area contributed by atoms with Gasteiger partial charge in [-0.3, -0.25) is 4.79 Å². The maximum atomic E-state index is 13.2. The summed E-state index contributed by atoms with van der Waals surface area (Å²) < 4.78 is 24.4. The highest BCUT2D eigenvalue weighted by Crippen LogP contribution is 2.44. The summed E-state index contributed by atoms with van der Waals surface area (Å²) in [7, 11) is 0. The smallest absolute Gasteiger partial charge is 0.274 e. The Bertz CT molecular complexity index is 1780. The van der Waals surface area contributed by atoms with Crippen molar-refractivity contribution < 1.29 is 28.2 Å². The summed E-state index contributed by atoms with van der Waals surface area (Å²) in [5, 5.41) is 14.9. The first kappa shape index (κ1) is 31.8. The van der Waals surface area contributed by atoms with E-state index >= 15 is 0 Å². The monoisotopic (exact) mass is 620 g/mol. The summed E-state index contributed by atoms with van der Waals surface area (Å²) in [6.45, 7) is 10.9. The summed E-state index contributed by atoms with van der Waals surface area (Å²) in [5.41, 5.74) is 4.26. The molecule has 5 aromatic rings. The van der Waals surface area contributed by atoms with Gasteiger partial charge in [0.15, 0.2) is 17.2 Å². The van der Waals surface area contributed by atoms with Gasteiger partial charge in [-0.05, 0) is 35.6 Å². The predicted octanol–water partition coefficient (Wildman–Crippen LogP) is 7.56. The molecule has 46 heavy (non-hydrogen) atoms. The van der Waals surface area contributed by atoms with Crippen LogP contribution in [0.2, 0.25) is 0 Å². The number of hydrogen-bond donors (Lipinski definition) is 1. The molecule has 1 amide bonds. The fourth-order valence-corrected chi connectivity index (χ4v) is 4.68. The molecule has 0 atom stereocenters. The minimum Gasteiger partial charge on any atom is -0.488 e. The molecule has 0 fully saturated rings. The lowest BCUT2D eigenvalue weighted by molar-refractivity contribution is 0.0947. The molecular weight excluding hydrogens is 584 g/mol. The Kier molecular flexibility index (Phi) is 10.6. The van der Waals surface area contributed by atoms with Crippen molar-refractivity contribution in [1.82, 2.24) is 15.6 Å². The maximum absolute atomic E-state index is 13.2. The molecule has 0 radical (unpaired) electrons. The fraction of sp³-hybridized carbons (Fsp3) is 0.222. The van der Waals surface area contributed by atoms with Crippen LogP contribution in [0.5, 0.6) is 11.5 Å². The highest BCUT2D eigenvalue weighted by Gasteiger charge is 2.30. The first-order valence-electron chi connectivity index (χ1n) is 15.0. The van der Waals surface area contributed by atoms with Gasteiger partial charge in [-0.2, -0.15) is 0 Å². The average Bonchev–Trinajstić information content (AvgIpc) is 3.73. The molecule has 0 spiro atoms. The quantitative estimate of drug-likeness (QED) is 0.0551. The molecule has 0 unspecified atom stereocenters. The van der Waals surface area contributed by atoms with Gasteiger partial charge in [0.25, 0.3) is 5.91 Å². The first-order chi connectivity index (χ1) is 22.5. The van der Waals surface area contributed by atoms with Gasteiger partial charge in [-0.15, -0.1) is 0 Å². The number of benzene rings is 3. The molecule has 0 aliphatic rings.